The molecule has 0 bridgehead atoms. The fourth-order valence-corrected chi connectivity index (χ4v) is 3.24. The van der Waals surface area contributed by atoms with Gasteiger partial charge in [0.05, 0.1) is 23.3 Å². The van der Waals surface area contributed by atoms with E-state index in [2.05, 4.69) is 33.9 Å². The highest BCUT2D eigenvalue weighted by Crippen LogP contribution is 2.34. The van der Waals surface area contributed by atoms with E-state index in [1.54, 1.807) is 0 Å². The smallest absolute Gasteiger partial charge is 0.0846 e. The third kappa shape index (κ3) is 2.54. The zero-order chi connectivity index (χ0) is 13.2. The maximum atomic E-state index is 6.28. The van der Waals surface area contributed by atoms with Crippen LogP contribution in [-0.2, 0) is 11.2 Å². The monoisotopic (exact) mass is 275 g/mol. The molecule has 19 heavy (non-hydrogen) atoms. The van der Waals surface area contributed by atoms with Crippen molar-refractivity contribution in [2.24, 2.45) is 5.73 Å². The first kappa shape index (κ1) is 12.7. The van der Waals surface area contributed by atoms with Gasteiger partial charge in [-0.15, -0.1) is 5.10 Å². The summed E-state index contributed by atoms with van der Waals surface area (Å²) in [6.07, 6.45) is 1.85. The Hall–Kier alpha value is -1.30. The SMILES string of the molecule is Cc1nnsc1C(N)CC1OCCc2ccccc21. The third-order valence-electron chi connectivity index (χ3n) is 3.58. The minimum absolute atomic E-state index is 0.0591. The summed E-state index contributed by atoms with van der Waals surface area (Å²) in [5, 5.41) is 4.02. The van der Waals surface area contributed by atoms with Gasteiger partial charge in [-0.05, 0) is 42.4 Å². The van der Waals surface area contributed by atoms with Crippen LogP contribution in [0.2, 0.25) is 0 Å². The molecule has 0 aliphatic carbocycles. The molecule has 1 aliphatic rings. The maximum absolute atomic E-state index is 6.28. The van der Waals surface area contributed by atoms with Crippen molar-refractivity contribution in [1.82, 2.24) is 9.59 Å². The Kier molecular flexibility index (Phi) is 3.59. The van der Waals surface area contributed by atoms with Crippen LogP contribution < -0.4 is 5.73 Å². The molecule has 4 nitrogen and oxygen atoms in total. The molecule has 1 aromatic heterocycles. The van der Waals surface area contributed by atoms with Crippen LogP contribution in [0.4, 0.5) is 0 Å². The summed E-state index contributed by atoms with van der Waals surface area (Å²) < 4.78 is 9.85. The van der Waals surface area contributed by atoms with Crippen molar-refractivity contribution in [1.29, 1.82) is 0 Å². The van der Waals surface area contributed by atoms with Gasteiger partial charge in [-0.1, -0.05) is 28.8 Å². The number of aryl methyl sites for hydroxylation is 1. The van der Waals surface area contributed by atoms with E-state index in [1.807, 2.05) is 6.92 Å². The molecule has 0 saturated heterocycles. The largest absolute Gasteiger partial charge is 0.373 e. The number of rotatable bonds is 3. The molecule has 2 N–H and O–H groups in total. The van der Waals surface area contributed by atoms with Gasteiger partial charge in [-0.3, -0.25) is 0 Å². The molecule has 100 valence electrons. The van der Waals surface area contributed by atoms with Gasteiger partial charge in [0, 0.05) is 6.04 Å². The normalized spacial score (nSPS) is 20.0. The van der Waals surface area contributed by atoms with Gasteiger partial charge in [-0.2, -0.15) is 0 Å². The number of ether oxygens (including phenoxy) is 1. The number of aromatic nitrogens is 2. The van der Waals surface area contributed by atoms with Crippen LogP contribution in [0.15, 0.2) is 24.3 Å². The molecule has 3 rings (SSSR count). The summed E-state index contributed by atoms with van der Waals surface area (Å²) in [6, 6.07) is 8.40. The Balaban J connectivity index is 1.80. The van der Waals surface area contributed by atoms with Crippen molar-refractivity contribution in [2.45, 2.75) is 31.9 Å². The molecule has 2 atom stereocenters. The van der Waals surface area contributed by atoms with Crippen LogP contribution in [-0.4, -0.2) is 16.2 Å². The highest BCUT2D eigenvalue weighted by Gasteiger charge is 2.24. The molecule has 0 radical (unpaired) electrons. The Bertz CT molecular complexity index is 569. The lowest BCUT2D eigenvalue weighted by Gasteiger charge is -2.27. The maximum Gasteiger partial charge on any atom is 0.0846 e. The van der Waals surface area contributed by atoms with E-state index in [4.69, 9.17) is 10.5 Å². The lowest BCUT2D eigenvalue weighted by Crippen LogP contribution is -2.21. The summed E-state index contributed by atoms with van der Waals surface area (Å²) in [7, 11) is 0. The molecule has 0 spiro atoms. The minimum atomic E-state index is -0.0591. The summed E-state index contributed by atoms with van der Waals surface area (Å²) in [5.74, 6) is 0. The fourth-order valence-electron chi connectivity index (χ4n) is 2.59. The first-order chi connectivity index (χ1) is 9.25. The van der Waals surface area contributed by atoms with Crippen molar-refractivity contribution < 1.29 is 4.74 Å². The lowest BCUT2D eigenvalue weighted by atomic mass is 9.93. The van der Waals surface area contributed by atoms with Gasteiger partial charge >= 0.3 is 0 Å². The van der Waals surface area contributed by atoms with Gasteiger partial charge in [0.2, 0.25) is 0 Å². The first-order valence-electron chi connectivity index (χ1n) is 6.49. The molecular weight excluding hydrogens is 258 g/mol. The average molecular weight is 275 g/mol. The van der Waals surface area contributed by atoms with Crippen LogP contribution in [0.5, 0.6) is 0 Å². The zero-order valence-electron chi connectivity index (χ0n) is 10.9. The Morgan fingerprint density at radius 1 is 1.47 bits per heavy atom. The van der Waals surface area contributed by atoms with E-state index >= 15 is 0 Å². The second-order valence-electron chi connectivity index (χ2n) is 4.87. The molecule has 5 heteroatoms. The van der Waals surface area contributed by atoms with E-state index in [1.165, 1.54) is 22.7 Å². The Morgan fingerprint density at radius 2 is 2.32 bits per heavy atom. The van der Waals surface area contributed by atoms with Crippen molar-refractivity contribution in [3.8, 4) is 0 Å². The topological polar surface area (TPSA) is 61.0 Å². The minimum Gasteiger partial charge on any atom is -0.373 e. The molecule has 1 aromatic carbocycles. The van der Waals surface area contributed by atoms with Crippen LogP contribution >= 0.6 is 11.5 Å². The van der Waals surface area contributed by atoms with Crippen molar-refractivity contribution >= 4 is 11.5 Å². The van der Waals surface area contributed by atoms with Crippen molar-refractivity contribution in [3.63, 3.8) is 0 Å². The van der Waals surface area contributed by atoms with Crippen LogP contribution in [0, 0.1) is 6.92 Å². The van der Waals surface area contributed by atoms with Crippen LogP contribution in [0.1, 0.15) is 40.3 Å². The average Bonchev–Trinajstić information content (AvgIpc) is 2.85. The van der Waals surface area contributed by atoms with Gasteiger partial charge in [0.25, 0.3) is 0 Å². The van der Waals surface area contributed by atoms with Crippen LogP contribution in [0.25, 0.3) is 0 Å². The molecule has 0 saturated carbocycles. The van der Waals surface area contributed by atoms with Crippen LogP contribution in [0.3, 0.4) is 0 Å². The highest BCUT2D eigenvalue weighted by molar-refractivity contribution is 7.05. The van der Waals surface area contributed by atoms with Gasteiger partial charge in [0.15, 0.2) is 0 Å². The van der Waals surface area contributed by atoms with E-state index < -0.39 is 0 Å². The molecule has 1 aliphatic heterocycles. The highest BCUT2D eigenvalue weighted by atomic mass is 32.1. The number of fused-ring (bicyclic) bond motifs is 1. The van der Waals surface area contributed by atoms with Gasteiger partial charge in [-0.25, -0.2) is 0 Å². The molecule has 2 heterocycles. The molecule has 2 aromatic rings. The first-order valence-corrected chi connectivity index (χ1v) is 7.27. The van der Waals surface area contributed by atoms with E-state index in [9.17, 15) is 0 Å². The van der Waals surface area contributed by atoms with Crippen molar-refractivity contribution in [3.05, 3.63) is 46.0 Å². The van der Waals surface area contributed by atoms with E-state index in [0.29, 0.717) is 0 Å². The summed E-state index contributed by atoms with van der Waals surface area (Å²) in [6.45, 7) is 2.72. The third-order valence-corrected chi connectivity index (χ3v) is 4.54. The predicted octanol–water partition coefficient (Wildman–Crippen LogP) is 2.55. The van der Waals surface area contributed by atoms with E-state index in [0.717, 1.165) is 30.0 Å². The summed E-state index contributed by atoms with van der Waals surface area (Å²) in [5.41, 5.74) is 9.87. The second-order valence-corrected chi connectivity index (χ2v) is 5.66. The van der Waals surface area contributed by atoms with E-state index in [-0.39, 0.29) is 12.1 Å². The molecule has 2 unspecified atom stereocenters. The molecule has 0 fully saturated rings. The fraction of sp³-hybridized carbons (Fsp3) is 0.429. The number of nitrogens with two attached hydrogens (primary N) is 1. The number of hydrogen-bond donors (Lipinski definition) is 1. The number of benzene rings is 1. The molecule has 0 amide bonds. The van der Waals surface area contributed by atoms with Gasteiger partial charge in [0.1, 0.15) is 0 Å². The number of hydrogen-bond acceptors (Lipinski definition) is 5. The Labute approximate surface area is 116 Å². The molecular formula is C14H17N3OS. The Morgan fingerprint density at radius 3 is 3.11 bits per heavy atom. The van der Waals surface area contributed by atoms with Gasteiger partial charge < -0.3 is 10.5 Å². The van der Waals surface area contributed by atoms with Crippen molar-refractivity contribution in [2.75, 3.05) is 6.61 Å². The lowest BCUT2D eigenvalue weighted by molar-refractivity contribution is 0.0321. The number of nitrogens with zero attached hydrogens (tertiary/aromatic N) is 2. The second kappa shape index (κ2) is 5.36. The predicted molar refractivity (Wildman–Crippen MR) is 75.0 cm³/mol. The standard InChI is InChI=1S/C14H17N3OS/c1-9-14(19-17-16-9)12(15)8-13-11-5-3-2-4-10(11)6-7-18-13/h2-5,12-13H,6-8,15H2,1H3. The summed E-state index contributed by atoms with van der Waals surface area (Å²) in [4.78, 5) is 1.06. The zero-order valence-corrected chi connectivity index (χ0v) is 11.7. The quantitative estimate of drug-likeness (QED) is 0.935. The summed E-state index contributed by atoms with van der Waals surface area (Å²) >= 11 is 1.39.